The molecular weight excluding hydrogens is 530 g/mol. The fourth-order valence-corrected chi connectivity index (χ4v) is 5.11. The molecule has 16 nitrogen and oxygen atoms in total. The van der Waals surface area contributed by atoms with E-state index in [9.17, 15) is 15.3 Å². The summed E-state index contributed by atoms with van der Waals surface area (Å²) in [4.78, 5) is 0. The second-order valence-electron chi connectivity index (χ2n) is 10.1. The SMILES string of the molecule is CCN[C@@H]1C[C@@H](N)[C@@H](O[C@H]2O[C@H](CN)CC[C@@H]2N)[C@H](O)[C@H]1O[C@@H]1OC[C@@](C)(O)[C@H](NC)[C@H]1O.O=S(=O)(O)O. The molecule has 1 aliphatic carbocycles. The molecule has 0 unspecified atom stereocenters. The van der Waals surface area contributed by atoms with Gasteiger partial charge in [0.05, 0.1) is 24.8 Å². The van der Waals surface area contributed by atoms with E-state index in [0.29, 0.717) is 25.9 Å². The molecule has 13 N–H and O–H groups in total. The topological polar surface area (TPSA) is 274 Å². The normalized spacial score (nSPS) is 44.2. The molecule has 3 rings (SSSR count). The van der Waals surface area contributed by atoms with Gasteiger partial charge >= 0.3 is 10.4 Å². The van der Waals surface area contributed by atoms with E-state index < -0.39 is 65.1 Å². The van der Waals surface area contributed by atoms with Crippen molar-refractivity contribution < 1.29 is 51.8 Å². The van der Waals surface area contributed by atoms with Crippen LogP contribution in [0.1, 0.15) is 33.1 Å². The van der Waals surface area contributed by atoms with E-state index >= 15 is 0 Å². The minimum Gasteiger partial charge on any atom is -0.388 e. The largest absolute Gasteiger partial charge is 0.394 e. The highest BCUT2D eigenvalue weighted by molar-refractivity contribution is 7.79. The minimum atomic E-state index is -4.67. The number of nitrogens with one attached hydrogen (secondary N) is 2. The predicted octanol–water partition coefficient (Wildman–Crippen LogP) is -3.98. The molecule has 0 aromatic carbocycles. The summed E-state index contributed by atoms with van der Waals surface area (Å²) in [6.07, 6.45) is -3.97. The maximum absolute atomic E-state index is 11.3. The highest BCUT2D eigenvalue weighted by Crippen LogP contribution is 2.32. The fraction of sp³-hybridized carbons (Fsp3) is 1.00. The van der Waals surface area contributed by atoms with Gasteiger partial charge in [0.2, 0.25) is 0 Å². The van der Waals surface area contributed by atoms with Crippen LogP contribution in [0, 0.1) is 0 Å². The molecular formula is C21H45N5O11S. The van der Waals surface area contributed by atoms with Gasteiger partial charge in [0.15, 0.2) is 12.6 Å². The highest BCUT2D eigenvalue weighted by Gasteiger charge is 2.51. The van der Waals surface area contributed by atoms with Gasteiger partial charge in [-0.25, -0.2) is 0 Å². The Hall–Kier alpha value is -0.610. The average molecular weight is 576 g/mol. The van der Waals surface area contributed by atoms with Gasteiger partial charge in [-0.2, -0.15) is 8.42 Å². The summed E-state index contributed by atoms with van der Waals surface area (Å²) in [5.74, 6) is 0. The van der Waals surface area contributed by atoms with Gasteiger partial charge in [-0.3, -0.25) is 9.11 Å². The quantitative estimate of drug-likeness (QED) is 0.124. The predicted molar refractivity (Wildman–Crippen MR) is 134 cm³/mol. The molecule has 3 aliphatic rings. The van der Waals surface area contributed by atoms with Crippen LogP contribution in [0.3, 0.4) is 0 Å². The molecule has 2 aliphatic heterocycles. The van der Waals surface area contributed by atoms with Crippen LogP contribution in [0.25, 0.3) is 0 Å². The first-order valence-corrected chi connectivity index (χ1v) is 14.0. The van der Waals surface area contributed by atoms with Gasteiger partial charge in [0, 0.05) is 18.6 Å². The van der Waals surface area contributed by atoms with Crippen LogP contribution in [0.4, 0.5) is 0 Å². The molecule has 0 bridgehead atoms. The number of aliphatic hydroxyl groups is 3. The van der Waals surface area contributed by atoms with Crippen molar-refractivity contribution in [2.24, 2.45) is 17.2 Å². The van der Waals surface area contributed by atoms with Crippen molar-refractivity contribution in [3.63, 3.8) is 0 Å². The lowest BCUT2D eigenvalue weighted by Gasteiger charge is -2.49. The molecule has 0 amide bonds. The molecule has 38 heavy (non-hydrogen) atoms. The summed E-state index contributed by atoms with van der Waals surface area (Å²) in [7, 11) is -3.02. The fourth-order valence-electron chi connectivity index (χ4n) is 5.11. The number of aliphatic hydroxyl groups excluding tert-OH is 2. The first-order valence-electron chi connectivity index (χ1n) is 12.6. The van der Waals surface area contributed by atoms with Gasteiger partial charge in [-0.15, -0.1) is 0 Å². The van der Waals surface area contributed by atoms with Crippen LogP contribution in [0.15, 0.2) is 0 Å². The Kier molecular flexibility index (Phi) is 12.7. The second kappa shape index (κ2) is 14.3. The summed E-state index contributed by atoms with van der Waals surface area (Å²) in [5, 5.41) is 38.8. The first kappa shape index (κ1) is 33.6. The third-order valence-electron chi connectivity index (χ3n) is 6.97. The van der Waals surface area contributed by atoms with Crippen LogP contribution in [-0.4, -0.2) is 132 Å². The number of hydrogen-bond donors (Lipinski definition) is 10. The standard InChI is InChI=1S/C21H43N5O7.H2O4S/c1-4-26-13-7-12(24)16(32-19-11(23)6-5-10(8-22)31-19)14(27)17(13)33-20-15(28)18(25-3)21(2,29)9-30-20;1-5(2,3)4/h10-20,25-29H,4-9,22-24H2,1-3H3;(H2,1,2,3,4)/t10-,11-,12+,13+,14-,15+,16+,17-,18+,19+,20-,21+;/m0./s1. The van der Waals surface area contributed by atoms with Crippen LogP contribution in [0.5, 0.6) is 0 Å². The Morgan fingerprint density at radius 2 is 1.66 bits per heavy atom. The lowest BCUT2D eigenvalue weighted by Crippen LogP contribution is -2.69. The Morgan fingerprint density at radius 3 is 2.21 bits per heavy atom. The molecule has 0 aromatic heterocycles. The van der Waals surface area contributed by atoms with Crippen molar-refractivity contribution in [1.82, 2.24) is 10.6 Å². The molecule has 2 saturated heterocycles. The van der Waals surface area contributed by atoms with Gasteiger partial charge in [0.1, 0.15) is 30.0 Å². The van der Waals surface area contributed by atoms with Crippen LogP contribution in [-0.2, 0) is 29.3 Å². The van der Waals surface area contributed by atoms with Crippen molar-refractivity contribution in [3.8, 4) is 0 Å². The van der Waals surface area contributed by atoms with Crippen molar-refractivity contribution in [2.45, 2.75) is 106 Å². The number of rotatable bonds is 8. The van der Waals surface area contributed by atoms with Crippen molar-refractivity contribution in [1.29, 1.82) is 0 Å². The zero-order chi connectivity index (χ0) is 28.8. The van der Waals surface area contributed by atoms with E-state index in [1.807, 2.05) is 6.92 Å². The Bertz CT molecular complexity index is 817. The first-order chi connectivity index (χ1) is 17.6. The second-order valence-corrected chi connectivity index (χ2v) is 11.0. The third-order valence-corrected chi connectivity index (χ3v) is 6.97. The Balaban J connectivity index is 0.000000926. The summed E-state index contributed by atoms with van der Waals surface area (Å²) in [6, 6.07) is -1.84. The Labute approximate surface area is 223 Å². The minimum absolute atomic E-state index is 0.0421. The molecule has 2 heterocycles. The summed E-state index contributed by atoms with van der Waals surface area (Å²) in [5.41, 5.74) is 17.1. The third kappa shape index (κ3) is 9.22. The lowest BCUT2D eigenvalue weighted by molar-refractivity contribution is -0.308. The van der Waals surface area contributed by atoms with E-state index in [-0.39, 0.29) is 24.8 Å². The molecule has 3 fully saturated rings. The van der Waals surface area contributed by atoms with Crippen molar-refractivity contribution in [3.05, 3.63) is 0 Å². The van der Waals surface area contributed by atoms with E-state index in [1.54, 1.807) is 14.0 Å². The van der Waals surface area contributed by atoms with Gasteiger partial charge in [-0.05, 0) is 39.8 Å². The number of likely N-dealkylation sites (N-methyl/N-ethyl adjacent to an activating group) is 2. The molecule has 17 heteroatoms. The summed E-state index contributed by atoms with van der Waals surface area (Å²) in [6.45, 7) is 4.47. The molecule has 0 aromatic rings. The molecule has 226 valence electrons. The van der Waals surface area contributed by atoms with Gasteiger partial charge in [0.25, 0.3) is 0 Å². The lowest BCUT2D eigenvalue weighted by atomic mass is 9.83. The van der Waals surface area contributed by atoms with E-state index in [1.165, 1.54) is 0 Å². The molecule has 0 spiro atoms. The zero-order valence-corrected chi connectivity index (χ0v) is 22.7. The zero-order valence-electron chi connectivity index (χ0n) is 21.9. The van der Waals surface area contributed by atoms with Crippen LogP contribution >= 0.6 is 0 Å². The monoisotopic (exact) mass is 575 g/mol. The molecule has 12 atom stereocenters. The highest BCUT2D eigenvalue weighted by atomic mass is 32.3. The maximum Gasteiger partial charge on any atom is 0.394 e. The average Bonchev–Trinajstić information content (AvgIpc) is 2.80. The van der Waals surface area contributed by atoms with Crippen molar-refractivity contribution in [2.75, 3.05) is 26.7 Å². The van der Waals surface area contributed by atoms with E-state index in [4.69, 9.17) is 53.7 Å². The summed E-state index contributed by atoms with van der Waals surface area (Å²) >= 11 is 0. The number of nitrogens with two attached hydrogens (primary N) is 3. The maximum atomic E-state index is 11.3. The summed E-state index contributed by atoms with van der Waals surface area (Å²) < 4.78 is 55.3. The van der Waals surface area contributed by atoms with E-state index in [0.717, 1.165) is 6.42 Å². The van der Waals surface area contributed by atoms with Crippen molar-refractivity contribution >= 4 is 10.4 Å². The van der Waals surface area contributed by atoms with E-state index in [2.05, 4.69) is 10.6 Å². The molecule has 1 saturated carbocycles. The number of hydrogen-bond acceptors (Lipinski definition) is 14. The number of ether oxygens (including phenoxy) is 4. The smallest absolute Gasteiger partial charge is 0.388 e. The van der Waals surface area contributed by atoms with Crippen LogP contribution in [0.2, 0.25) is 0 Å². The Morgan fingerprint density at radius 1 is 1.05 bits per heavy atom. The molecule has 0 radical (unpaired) electrons. The van der Waals surface area contributed by atoms with Gasteiger partial charge < -0.3 is 62.1 Å². The van der Waals surface area contributed by atoms with Gasteiger partial charge in [-0.1, -0.05) is 6.92 Å². The van der Waals surface area contributed by atoms with Crippen LogP contribution < -0.4 is 27.8 Å².